The van der Waals surface area contributed by atoms with Crippen LogP contribution < -0.4 is 9.47 Å². The third kappa shape index (κ3) is 16.5. The quantitative estimate of drug-likeness (QED) is 0.0714. The minimum absolute atomic E-state index is 0.276. The van der Waals surface area contributed by atoms with Crippen LogP contribution in [0.4, 0.5) is 14.5 Å². The summed E-state index contributed by atoms with van der Waals surface area (Å²) in [5, 5.41) is 14.8. The van der Waals surface area contributed by atoms with Crippen LogP contribution in [-0.4, -0.2) is 41.6 Å². The first kappa shape index (κ1) is 80.4. The van der Waals surface area contributed by atoms with E-state index in [9.17, 15) is 14.0 Å². The van der Waals surface area contributed by atoms with E-state index < -0.39 is 0 Å². The van der Waals surface area contributed by atoms with Crippen LogP contribution in [0, 0.1) is 64.2 Å². The highest BCUT2D eigenvalue weighted by molar-refractivity contribution is 6.04. The molecule has 6 aromatic heterocycles. The lowest BCUT2D eigenvalue weighted by atomic mass is 10.1. The molecule has 0 saturated heterocycles. The van der Waals surface area contributed by atoms with E-state index in [1.807, 2.05) is 91.9 Å². The number of hydrogen-bond donors (Lipinski definition) is 0. The molecular weight excluding hydrogens is 1530 g/mol. The van der Waals surface area contributed by atoms with E-state index in [4.69, 9.17) is 16.0 Å². The molecule has 0 aliphatic carbocycles. The SMILES string of the molecule is C=C(C)/C=C\C(=C)c1cc2cc3c(cc(-c4ccc(C)cc4)n3-c3ccc(F)cc3)cc2n1-c1ccc(F)cc1.COc1ccc(-n2ccc3cc(-c4ccc(C)cc4)n(-c4ccc(OC)cc4)c3cccc2-c2ccc(C)cc2)cc1.[C-]#[N+]c1ccc(-n2c(-c3ccc(C)cc3)cc3cc4c(cc(-c5ccc(C)cc5)n4-c4ccc(C#N)cc4)cc32)cc1. The third-order valence-corrected chi connectivity index (χ3v) is 22.7. The summed E-state index contributed by atoms with van der Waals surface area (Å²) in [6.07, 6.45) is 6.04. The first-order valence-corrected chi connectivity index (χ1v) is 41.0. The number of methoxy groups -OCH3 is 2. The zero-order valence-corrected chi connectivity index (χ0v) is 70.2. The lowest BCUT2D eigenvalue weighted by Crippen LogP contribution is -1.99. The van der Waals surface area contributed by atoms with Crippen LogP contribution in [0.25, 0.3) is 155 Å². The highest BCUT2D eigenvalue weighted by Crippen LogP contribution is 2.42. The fourth-order valence-electron chi connectivity index (χ4n) is 16.1. The Hall–Kier alpha value is -16.0. The molecule has 0 atom stereocenters. The van der Waals surface area contributed by atoms with Gasteiger partial charge in [0.2, 0.25) is 0 Å². The molecule has 0 radical (unpaired) electrons. The van der Waals surface area contributed by atoms with Gasteiger partial charge < -0.3 is 36.9 Å². The summed E-state index contributed by atoms with van der Waals surface area (Å²) in [5.41, 5.74) is 32.1. The van der Waals surface area contributed by atoms with Crippen molar-refractivity contribution in [2.75, 3.05) is 14.2 Å². The zero-order chi connectivity index (χ0) is 85.8. The van der Waals surface area contributed by atoms with Gasteiger partial charge in [-0.1, -0.05) is 198 Å². The first-order chi connectivity index (χ1) is 60.3. The molecule has 19 rings (SSSR count). The summed E-state index contributed by atoms with van der Waals surface area (Å²) in [6, 6.07) is 119. The fraction of sp³-hybridized carbons (Fsp3) is 0.0714. The van der Waals surface area contributed by atoms with Crippen LogP contribution >= 0.6 is 0 Å². The van der Waals surface area contributed by atoms with Gasteiger partial charge in [-0.05, 0) is 281 Å². The van der Waals surface area contributed by atoms with Gasteiger partial charge in [-0.15, -0.1) is 0 Å². The molecule has 6 heterocycles. The van der Waals surface area contributed by atoms with Gasteiger partial charge >= 0.3 is 0 Å². The Balaban J connectivity index is 0.000000132. The Bertz CT molecular complexity index is 7210. The van der Waals surface area contributed by atoms with Crippen molar-refractivity contribution in [1.82, 2.24) is 27.4 Å². The summed E-state index contributed by atoms with van der Waals surface area (Å²) < 4.78 is 52.1. The number of hydrogen-bond acceptors (Lipinski definition) is 3. The molecule has 0 amide bonds. The maximum absolute atomic E-state index is 13.9. The maximum atomic E-state index is 13.9. The van der Waals surface area contributed by atoms with Gasteiger partial charge in [-0.25, -0.2) is 13.6 Å². The van der Waals surface area contributed by atoms with E-state index in [2.05, 4.69) is 317 Å². The van der Waals surface area contributed by atoms with Crippen molar-refractivity contribution in [2.45, 2.75) is 41.5 Å². The number of allylic oxidation sites excluding steroid dienone is 4. The molecule has 0 fully saturated rings. The second-order valence-corrected chi connectivity index (χ2v) is 31.4. The molecule has 10 nitrogen and oxygen atoms in total. The number of aryl methyl sites for hydroxylation is 5. The molecule has 0 aliphatic rings. The molecule has 0 N–H and O–H groups in total. The van der Waals surface area contributed by atoms with E-state index >= 15 is 0 Å². The first-order valence-electron chi connectivity index (χ1n) is 41.0. The summed E-state index contributed by atoms with van der Waals surface area (Å²) in [4.78, 5) is 3.59. The molecular formula is C112H88F2N8O2. The van der Waals surface area contributed by atoms with Crippen LogP contribution in [0.3, 0.4) is 0 Å². The van der Waals surface area contributed by atoms with Gasteiger partial charge in [0.05, 0.1) is 94.2 Å². The molecule has 0 bridgehead atoms. The van der Waals surface area contributed by atoms with Crippen LogP contribution in [0.15, 0.2) is 383 Å². The summed E-state index contributed by atoms with van der Waals surface area (Å²) in [5.74, 6) is 1.10. The van der Waals surface area contributed by atoms with Crippen LogP contribution in [0.5, 0.6) is 11.5 Å². The average Bonchev–Trinajstić information content (AvgIpc) is 1.58. The highest BCUT2D eigenvalue weighted by atomic mass is 19.1. The summed E-state index contributed by atoms with van der Waals surface area (Å²) in [6.45, 7) is 28.1. The average molecular weight is 1620 g/mol. The van der Waals surface area contributed by atoms with E-state index in [1.165, 1.54) is 52.1 Å². The van der Waals surface area contributed by atoms with Crippen LogP contribution in [0.2, 0.25) is 0 Å². The molecule has 0 spiro atoms. The number of ether oxygens (including phenoxy) is 2. The van der Waals surface area contributed by atoms with Gasteiger partial charge in [0.1, 0.15) is 23.1 Å². The predicted octanol–water partition coefficient (Wildman–Crippen LogP) is 29.4. The molecule has 13 aromatic carbocycles. The van der Waals surface area contributed by atoms with Gasteiger partial charge in [-0.2, -0.15) is 5.26 Å². The lowest BCUT2D eigenvalue weighted by Gasteiger charge is -2.13. The van der Waals surface area contributed by atoms with Crippen molar-refractivity contribution in [3.05, 3.63) is 445 Å². The summed E-state index contributed by atoms with van der Waals surface area (Å²) in [7, 11) is 3.39. The van der Waals surface area contributed by atoms with E-state index in [1.54, 1.807) is 38.5 Å². The Morgan fingerprint density at radius 2 is 0.669 bits per heavy atom. The Kier molecular flexibility index (Phi) is 22.5. The Morgan fingerprint density at radius 3 is 1.04 bits per heavy atom. The van der Waals surface area contributed by atoms with Gasteiger partial charge in [-0.3, -0.25) is 0 Å². The zero-order valence-electron chi connectivity index (χ0n) is 70.2. The molecule has 0 aliphatic heterocycles. The third-order valence-electron chi connectivity index (χ3n) is 22.7. The van der Waals surface area contributed by atoms with E-state index in [0.29, 0.717) is 11.3 Å². The number of fused-ring (bicyclic) bond motifs is 5. The largest absolute Gasteiger partial charge is 0.497 e. The van der Waals surface area contributed by atoms with Crippen molar-refractivity contribution >= 4 is 65.8 Å². The topological polar surface area (TPSA) is 76.2 Å². The van der Waals surface area contributed by atoms with Crippen LogP contribution in [0.1, 0.15) is 46.0 Å². The van der Waals surface area contributed by atoms with Gasteiger partial charge in [0.15, 0.2) is 5.69 Å². The molecule has 12 heteroatoms. The second-order valence-electron chi connectivity index (χ2n) is 31.4. The highest BCUT2D eigenvalue weighted by Gasteiger charge is 2.23. The van der Waals surface area contributed by atoms with Crippen molar-refractivity contribution in [2.24, 2.45) is 0 Å². The molecule has 0 saturated carbocycles. The fourth-order valence-corrected chi connectivity index (χ4v) is 16.1. The number of nitrogens with zero attached hydrogens (tertiary/aromatic N) is 8. The number of nitriles is 1. The minimum atomic E-state index is -0.288. The second kappa shape index (κ2) is 34.7. The molecule has 19 aromatic rings. The Labute approximate surface area is 720 Å². The molecule has 124 heavy (non-hydrogen) atoms. The number of aromatic nitrogens is 6. The van der Waals surface area contributed by atoms with Crippen molar-refractivity contribution in [1.29, 1.82) is 5.26 Å². The van der Waals surface area contributed by atoms with E-state index in [-0.39, 0.29) is 11.6 Å². The number of halogens is 2. The summed E-state index contributed by atoms with van der Waals surface area (Å²) >= 11 is 0. The monoisotopic (exact) mass is 1610 g/mol. The van der Waals surface area contributed by atoms with Crippen LogP contribution in [-0.2, 0) is 0 Å². The van der Waals surface area contributed by atoms with Crippen molar-refractivity contribution in [3.63, 3.8) is 0 Å². The number of benzene rings is 13. The number of rotatable bonds is 16. The minimum Gasteiger partial charge on any atom is -0.497 e. The van der Waals surface area contributed by atoms with Gasteiger partial charge in [0, 0.05) is 67.3 Å². The molecule has 602 valence electrons. The van der Waals surface area contributed by atoms with Gasteiger partial charge in [0.25, 0.3) is 0 Å². The lowest BCUT2D eigenvalue weighted by molar-refractivity contribution is 0.414. The smallest absolute Gasteiger partial charge is 0.187 e. The normalized spacial score (nSPS) is 11.2. The predicted molar refractivity (Wildman–Crippen MR) is 508 cm³/mol. The standard InChI is InChI=1S/C38H26N4.C38H34N2O2.C36H28F2N2/c1-25-4-10-28(11-5-25)35-20-30-23-38-31(22-37(30)41(35)33-16-8-27(24-39)9-17-33)21-36(29-12-6-26(2)7-13-29)42(38)34-18-14-32(40-3)15-19-34;1-27-8-12-29(13-9-27)36-6-5-7-37-31(24-25-39(36)32-16-20-34(41-3)21-17-32)26-38(30-14-10-28(2)11-15-30)40(37)33-18-22-35(42-4)23-19-33;1-23(2)5-8-25(4)33-19-27-21-36-28(22-35(27)39(33)31-15-11-29(37)12-16-31)20-34(26-9-6-24(3)7-10-26)40(36)32-17-13-30(38)14-18-32/h4-23H,1-2H3;5-26H,1-4H3;5-22H,1,4H2,2-3H3/b;;8-5-. The Morgan fingerprint density at radius 1 is 0.347 bits per heavy atom. The van der Waals surface area contributed by atoms with Crippen molar-refractivity contribution in [3.8, 4) is 108 Å². The molecule has 0 unspecified atom stereocenters. The maximum Gasteiger partial charge on any atom is 0.187 e. The van der Waals surface area contributed by atoms with Crippen molar-refractivity contribution < 1.29 is 18.3 Å². The van der Waals surface area contributed by atoms with E-state index in [0.717, 1.165) is 173 Å².